The third kappa shape index (κ3) is 3.65. The molecule has 1 aliphatic carbocycles. The van der Waals surface area contributed by atoms with Gasteiger partial charge in [-0.2, -0.15) is 0 Å². The van der Waals surface area contributed by atoms with Gasteiger partial charge in [-0.1, -0.05) is 42.5 Å². The predicted molar refractivity (Wildman–Crippen MR) is 103 cm³/mol. The number of aryl methyl sites for hydroxylation is 1. The molecule has 0 amide bonds. The summed E-state index contributed by atoms with van der Waals surface area (Å²) in [4.78, 5) is 0.554. The fourth-order valence-electron chi connectivity index (χ4n) is 2.92. The summed E-state index contributed by atoms with van der Waals surface area (Å²) in [5.41, 5.74) is 2.58. The van der Waals surface area contributed by atoms with Gasteiger partial charge in [0.25, 0.3) is 0 Å². The predicted octanol–water partition coefficient (Wildman–Crippen LogP) is 6.71. The molecule has 134 valence electrons. The van der Waals surface area contributed by atoms with Gasteiger partial charge in [0.2, 0.25) is 0 Å². The number of benzene rings is 2. The first-order chi connectivity index (χ1) is 12.6. The highest BCUT2D eigenvalue weighted by Gasteiger charge is 2.22. The molecule has 1 heterocycles. The largest absolute Gasteiger partial charge is 0.484 e. The van der Waals surface area contributed by atoms with Gasteiger partial charge in [0.1, 0.15) is 11.6 Å². The molecule has 1 nitrogen and oxygen atoms in total. The molecule has 0 radical (unpaired) electrons. The van der Waals surface area contributed by atoms with E-state index in [4.69, 9.17) is 4.74 Å². The van der Waals surface area contributed by atoms with Crippen LogP contribution in [0.4, 0.5) is 8.78 Å². The molecule has 1 aromatic heterocycles. The van der Waals surface area contributed by atoms with Crippen molar-refractivity contribution in [2.45, 2.75) is 26.2 Å². The summed E-state index contributed by atoms with van der Waals surface area (Å²) in [5, 5.41) is 0.713. The highest BCUT2D eigenvalue weighted by molar-refractivity contribution is 7.17. The Kier molecular flexibility index (Phi) is 4.77. The van der Waals surface area contributed by atoms with Gasteiger partial charge in [-0.3, -0.25) is 0 Å². The Hall–Kier alpha value is -2.20. The van der Waals surface area contributed by atoms with Crippen LogP contribution in [0.15, 0.2) is 48.5 Å². The zero-order valence-corrected chi connectivity index (χ0v) is 15.4. The maximum absolute atomic E-state index is 14.7. The third-order valence-corrected chi connectivity index (χ3v) is 5.74. The minimum atomic E-state index is -0.546. The SMILES string of the molecule is CCc1ccc(-c2cc(F)c(-c3ccc(OCC4CC4)s3)c(F)c2)cc1. The normalized spacial score (nSPS) is 13.8. The Morgan fingerprint density at radius 2 is 1.65 bits per heavy atom. The Bertz CT molecular complexity index is 887. The summed E-state index contributed by atoms with van der Waals surface area (Å²) in [7, 11) is 0. The lowest BCUT2D eigenvalue weighted by Gasteiger charge is -2.08. The van der Waals surface area contributed by atoms with Gasteiger partial charge in [-0.15, -0.1) is 0 Å². The zero-order valence-electron chi connectivity index (χ0n) is 14.6. The van der Waals surface area contributed by atoms with Gasteiger partial charge in [-0.05, 0) is 66.1 Å². The molecule has 0 spiro atoms. The second-order valence-corrected chi connectivity index (χ2v) is 7.78. The first-order valence-corrected chi connectivity index (χ1v) is 9.77. The van der Waals surface area contributed by atoms with Gasteiger partial charge in [-0.25, -0.2) is 8.78 Å². The van der Waals surface area contributed by atoms with Crippen molar-refractivity contribution in [1.82, 2.24) is 0 Å². The first kappa shape index (κ1) is 17.2. The van der Waals surface area contributed by atoms with Gasteiger partial charge in [0.15, 0.2) is 5.06 Å². The van der Waals surface area contributed by atoms with Crippen LogP contribution in [0, 0.1) is 17.6 Å². The van der Waals surface area contributed by atoms with Crippen molar-refractivity contribution in [3.63, 3.8) is 0 Å². The van der Waals surface area contributed by atoms with E-state index in [1.54, 1.807) is 12.1 Å². The highest BCUT2D eigenvalue weighted by atomic mass is 32.1. The Morgan fingerprint density at radius 1 is 0.962 bits per heavy atom. The number of thiophene rings is 1. The van der Waals surface area contributed by atoms with Gasteiger partial charge >= 0.3 is 0 Å². The van der Waals surface area contributed by atoms with Gasteiger partial charge < -0.3 is 4.74 Å². The van der Waals surface area contributed by atoms with Crippen LogP contribution >= 0.6 is 11.3 Å². The quantitative estimate of drug-likeness (QED) is 0.468. The Balaban J connectivity index is 1.60. The monoisotopic (exact) mass is 370 g/mol. The maximum atomic E-state index is 14.7. The lowest BCUT2D eigenvalue weighted by Crippen LogP contribution is -1.96. The summed E-state index contributed by atoms with van der Waals surface area (Å²) in [6.07, 6.45) is 3.36. The molecule has 1 fully saturated rings. The second-order valence-electron chi connectivity index (χ2n) is 6.74. The average molecular weight is 370 g/mol. The second kappa shape index (κ2) is 7.20. The number of ether oxygens (including phenoxy) is 1. The topological polar surface area (TPSA) is 9.23 Å². The standard InChI is InChI=1S/C22H20F2OS/c1-2-14-5-7-16(8-6-14)17-11-18(23)22(19(24)12-17)20-9-10-21(26-20)25-13-15-3-4-15/h5-12,15H,2-4,13H2,1H3. The van der Waals surface area contributed by atoms with E-state index < -0.39 is 11.6 Å². The van der Waals surface area contributed by atoms with Crippen molar-refractivity contribution in [1.29, 1.82) is 0 Å². The highest BCUT2D eigenvalue weighted by Crippen LogP contribution is 2.39. The van der Waals surface area contributed by atoms with E-state index in [2.05, 4.69) is 6.92 Å². The first-order valence-electron chi connectivity index (χ1n) is 8.95. The van der Waals surface area contributed by atoms with E-state index in [1.165, 1.54) is 41.9 Å². The lowest BCUT2D eigenvalue weighted by atomic mass is 10.0. The summed E-state index contributed by atoms with van der Waals surface area (Å²) in [6, 6.07) is 14.1. The fourth-order valence-corrected chi connectivity index (χ4v) is 3.84. The van der Waals surface area contributed by atoms with Crippen molar-refractivity contribution >= 4 is 11.3 Å². The van der Waals surface area contributed by atoms with Gasteiger partial charge in [0.05, 0.1) is 12.2 Å². The molecule has 0 bridgehead atoms. The summed E-state index contributed by atoms with van der Waals surface area (Å²) in [6.45, 7) is 2.77. The van der Waals surface area contributed by atoms with Crippen LogP contribution in [-0.4, -0.2) is 6.61 Å². The van der Waals surface area contributed by atoms with Gasteiger partial charge in [0, 0.05) is 4.88 Å². The molecule has 4 heteroatoms. The molecule has 1 saturated carbocycles. The van der Waals surface area contributed by atoms with E-state index in [1.807, 2.05) is 24.3 Å². The zero-order chi connectivity index (χ0) is 18.1. The molecule has 3 aromatic rings. The molecule has 2 aromatic carbocycles. The molecule has 0 aliphatic heterocycles. The maximum Gasteiger partial charge on any atom is 0.174 e. The van der Waals surface area contributed by atoms with E-state index in [0.717, 1.165) is 12.0 Å². The summed E-state index contributed by atoms with van der Waals surface area (Å²) in [5.74, 6) is -0.447. The number of hydrogen-bond donors (Lipinski definition) is 0. The fraction of sp³-hybridized carbons (Fsp3) is 0.273. The summed E-state index contributed by atoms with van der Waals surface area (Å²) < 4.78 is 35.1. The van der Waals surface area contributed by atoms with Crippen LogP contribution in [0.25, 0.3) is 21.6 Å². The van der Waals surface area contributed by atoms with Crippen molar-refractivity contribution in [2.75, 3.05) is 6.61 Å². The van der Waals surface area contributed by atoms with Crippen LogP contribution in [0.2, 0.25) is 0 Å². The minimum absolute atomic E-state index is 0.0187. The number of halogens is 2. The molecular weight excluding hydrogens is 350 g/mol. The third-order valence-electron chi connectivity index (χ3n) is 4.72. The van der Waals surface area contributed by atoms with Crippen molar-refractivity contribution in [3.8, 4) is 26.6 Å². The molecule has 0 atom stereocenters. The number of hydrogen-bond acceptors (Lipinski definition) is 2. The van der Waals surface area contributed by atoms with E-state index in [9.17, 15) is 8.78 Å². The summed E-state index contributed by atoms with van der Waals surface area (Å²) >= 11 is 1.29. The van der Waals surface area contributed by atoms with Crippen LogP contribution in [0.1, 0.15) is 25.3 Å². The van der Waals surface area contributed by atoms with E-state index >= 15 is 0 Å². The molecule has 0 saturated heterocycles. The molecule has 0 N–H and O–H groups in total. The van der Waals surface area contributed by atoms with Crippen LogP contribution in [0.5, 0.6) is 5.06 Å². The molecule has 0 unspecified atom stereocenters. The van der Waals surface area contributed by atoms with Crippen LogP contribution < -0.4 is 4.74 Å². The molecule has 4 rings (SSSR count). The van der Waals surface area contributed by atoms with Crippen molar-refractivity contribution in [2.24, 2.45) is 5.92 Å². The van der Waals surface area contributed by atoms with Crippen molar-refractivity contribution < 1.29 is 13.5 Å². The Labute approximate surface area is 156 Å². The Morgan fingerprint density at radius 3 is 2.27 bits per heavy atom. The van der Waals surface area contributed by atoms with E-state index in [0.29, 0.717) is 28.0 Å². The lowest BCUT2D eigenvalue weighted by molar-refractivity contribution is 0.308. The molecular formula is C22H20F2OS. The van der Waals surface area contributed by atoms with Crippen LogP contribution in [-0.2, 0) is 6.42 Å². The van der Waals surface area contributed by atoms with E-state index in [-0.39, 0.29) is 5.56 Å². The van der Waals surface area contributed by atoms with Crippen molar-refractivity contribution in [3.05, 3.63) is 65.7 Å². The smallest absolute Gasteiger partial charge is 0.174 e. The number of rotatable bonds is 6. The molecule has 1 aliphatic rings. The van der Waals surface area contributed by atoms with Crippen LogP contribution in [0.3, 0.4) is 0 Å². The molecule has 26 heavy (non-hydrogen) atoms. The minimum Gasteiger partial charge on any atom is -0.484 e. The average Bonchev–Trinajstić information content (AvgIpc) is 3.37.